The van der Waals surface area contributed by atoms with E-state index in [1.807, 2.05) is 394 Å². The summed E-state index contributed by atoms with van der Waals surface area (Å²) in [6.07, 6.45) is 0. The standard InChI is InChI=1S/C17H14O.C14H11NO.C14H14O2.2C14H14O.2C13H12O2.C13H12O.C12H10O/c1-2-6-14(7-3-1)13-18-17-11-10-15-8-4-5-9-16(15)12-17;1-15-13-7-9-14(10-8-13)16-11-12-5-3-2-4-6-12;15-10-12-6-8-14(9-7-12)16-11-13-4-2-1-3-5-13;1-11-3-7-13(8-4-11)15-14-9-5-12(2)6-10-14;1-3-7-13(8-4-1)11-15-12-14-9-5-2-6-10-14;14-12-7-4-8-13(9-12)15-10-11-5-2-1-3-6-11;14-12-6-8-13(9-7-12)15-10-11-4-2-1-3-5-11;1-3-7-12(8-4-1)11-14-13-9-5-2-6-10-13;1-3-7-11(8-4-1)13-12-9-5-2-6-10-12/h1-12H,13H2;2-10H,11H2;1-9,15H,10-11H2;3-10H,1-2H3;1-10H,11-12H2;2*1-9,14H,10H2;1-10H,11H2;1-10H. The van der Waals surface area contributed by atoms with E-state index in [4.69, 9.17) is 59.4 Å². The van der Waals surface area contributed by atoms with E-state index in [0.29, 0.717) is 64.3 Å². The van der Waals surface area contributed by atoms with E-state index in [1.54, 1.807) is 54.6 Å². The number of aryl methyl sites for hydroxylation is 2. The molecule has 0 amide bonds. The summed E-state index contributed by atoms with van der Waals surface area (Å²) in [6.45, 7) is 15.8. The number of nitrogens with zero attached hydrogens (tertiary/aromatic N) is 1. The van der Waals surface area contributed by atoms with Crippen molar-refractivity contribution in [2.45, 2.75) is 73.3 Å². The molecule has 686 valence electrons. The van der Waals surface area contributed by atoms with Gasteiger partial charge in [-0.2, -0.15) is 0 Å². The summed E-state index contributed by atoms with van der Waals surface area (Å²) in [5.74, 6) is 8.85. The predicted octanol–water partition coefficient (Wildman–Crippen LogP) is 31.2. The fourth-order valence-electron chi connectivity index (χ4n) is 12.5. The molecule has 19 aromatic rings. The number of phenolic OH excluding ortho intramolecular Hbond substituents is 2. The molecule has 0 aliphatic rings. The lowest BCUT2D eigenvalue weighted by Gasteiger charge is -2.07. The monoisotopic (exact) mass is 1810 g/mol. The topological polar surface area (TPSA) is 148 Å². The van der Waals surface area contributed by atoms with Crippen molar-refractivity contribution < 1.29 is 58.0 Å². The van der Waals surface area contributed by atoms with E-state index >= 15 is 0 Å². The van der Waals surface area contributed by atoms with Gasteiger partial charge >= 0.3 is 0 Å². The first-order valence-electron chi connectivity index (χ1n) is 45.0. The van der Waals surface area contributed by atoms with Crippen LogP contribution in [0.5, 0.6) is 69.0 Å². The van der Waals surface area contributed by atoms with Crippen LogP contribution in [-0.2, 0) is 64.2 Å². The first-order valence-corrected chi connectivity index (χ1v) is 45.0. The largest absolute Gasteiger partial charge is 0.508 e. The zero-order valence-electron chi connectivity index (χ0n) is 77.0. The molecule has 137 heavy (non-hydrogen) atoms. The molecule has 3 N–H and O–H groups in total. The molecule has 0 unspecified atom stereocenters. The van der Waals surface area contributed by atoms with Crippen molar-refractivity contribution in [1.29, 1.82) is 0 Å². The summed E-state index contributed by atoms with van der Waals surface area (Å²) in [7, 11) is 0. The molecular formula is C124H113NO12. The molecule has 19 rings (SSSR count). The number of fused-ring (bicyclic) bond motifs is 1. The molecule has 0 radical (unpaired) electrons. The molecule has 13 nitrogen and oxygen atoms in total. The summed E-state index contributed by atoms with van der Waals surface area (Å²) >= 11 is 0. The molecule has 0 aliphatic carbocycles. The van der Waals surface area contributed by atoms with Crippen LogP contribution in [-0.4, -0.2) is 15.3 Å². The summed E-state index contributed by atoms with van der Waals surface area (Å²) in [4.78, 5) is 3.32. The minimum absolute atomic E-state index is 0.0684. The number of aliphatic hydroxyl groups excluding tert-OH is 1. The number of benzene rings is 19. The average Bonchev–Trinajstić information content (AvgIpc) is 0.838. The predicted molar refractivity (Wildman–Crippen MR) is 553 cm³/mol. The van der Waals surface area contributed by atoms with E-state index in [-0.39, 0.29) is 18.1 Å². The molecule has 0 bridgehead atoms. The Morgan fingerprint density at radius 1 is 0.197 bits per heavy atom. The summed E-state index contributed by atoms with van der Waals surface area (Å²) < 4.78 is 50.5. The number of hydrogen-bond acceptors (Lipinski definition) is 12. The van der Waals surface area contributed by atoms with Crippen LogP contribution in [0.25, 0.3) is 15.6 Å². The van der Waals surface area contributed by atoms with E-state index in [2.05, 4.69) is 91.5 Å². The van der Waals surface area contributed by atoms with Gasteiger partial charge in [0, 0.05) is 6.07 Å². The second-order valence-corrected chi connectivity index (χ2v) is 30.8. The lowest BCUT2D eigenvalue weighted by molar-refractivity contribution is 0.107. The Labute approximate surface area is 806 Å². The van der Waals surface area contributed by atoms with Crippen LogP contribution in [0.3, 0.4) is 0 Å². The van der Waals surface area contributed by atoms with Gasteiger partial charge in [-0.05, 0) is 208 Å². The Kier molecular flexibility index (Phi) is 44.0. The number of aromatic hydroxyl groups is 2. The van der Waals surface area contributed by atoms with Gasteiger partial charge in [0.2, 0.25) is 0 Å². The van der Waals surface area contributed by atoms with Gasteiger partial charge in [-0.25, -0.2) is 4.85 Å². The maximum absolute atomic E-state index is 9.23. The highest BCUT2D eigenvalue weighted by Crippen LogP contribution is 2.27. The van der Waals surface area contributed by atoms with Crippen LogP contribution >= 0.6 is 0 Å². The van der Waals surface area contributed by atoms with Crippen LogP contribution in [0.4, 0.5) is 5.69 Å². The molecule has 0 spiro atoms. The smallest absolute Gasteiger partial charge is 0.187 e. The van der Waals surface area contributed by atoms with Gasteiger partial charge in [0.05, 0.1) is 26.4 Å². The Hall–Kier alpha value is -17.2. The van der Waals surface area contributed by atoms with E-state index in [1.165, 1.54) is 44.2 Å². The van der Waals surface area contributed by atoms with Crippen molar-refractivity contribution in [3.8, 4) is 69.0 Å². The Bertz CT molecular complexity index is 6270. The number of ether oxygens (including phenoxy) is 9. The molecule has 13 heteroatoms. The molecule has 0 atom stereocenters. The van der Waals surface area contributed by atoms with Crippen molar-refractivity contribution in [1.82, 2.24) is 0 Å². The molecule has 0 aliphatic heterocycles. The zero-order chi connectivity index (χ0) is 95.3. The highest BCUT2D eigenvalue weighted by Gasteiger charge is 2.05. The molecule has 0 fully saturated rings. The average molecular weight is 1810 g/mol. The van der Waals surface area contributed by atoms with E-state index < -0.39 is 0 Å². The minimum Gasteiger partial charge on any atom is -0.508 e. The van der Waals surface area contributed by atoms with Crippen molar-refractivity contribution >= 4 is 16.5 Å². The molecule has 0 heterocycles. The van der Waals surface area contributed by atoms with Gasteiger partial charge < -0.3 is 58.0 Å². The SMILES string of the molecule is Cc1ccc(Oc2ccc(C)cc2)cc1.OCc1ccc(OCc2ccccc2)cc1.Oc1ccc(OCc2ccccc2)cc1.Oc1cccc(OCc2ccccc2)c1.[C-]#[N+]c1ccc(OCc2ccccc2)cc1.c1ccc(COCc2ccccc2)cc1.c1ccc(COc2ccc3ccccc3c2)cc1.c1ccc(COc2ccccc2)cc1.c1ccc(Oc2ccccc2)cc1. The fourth-order valence-corrected chi connectivity index (χ4v) is 12.5. The second-order valence-electron chi connectivity index (χ2n) is 30.8. The third-order valence-corrected chi connectivity index (χ3v) is 19.9. The fraction of sp³-hybridized carbons (Fsp3) is 0.0887. The van der Waals surface area contributed by atoms with Gasteiger partial charge in [0.15, 0.2) is 5.69 Å². The van der Waals surface area contributed by atoms with Crippen molar-refractivity contribution in [2.75, 3.05) is 0 Å². The molecule has 0 saturated heterocycles. The van der Waals surface area contributed by atoms with Gasteiger partial charge in [-0.1, -0.05) is 393 Å². The van der Waals surface area contributed by atoms with Gasteiger partial charge in [-0.3, -0.25) is 0 Å². The number of para-hydroxylation sites is 3. The summed E-state index contributed by atoms with van der Waals surface area (Å²) in [5.41, 5.74) is 13.3. The zero-order valence-corrected chi connectivity index (χ0v) is 77.0. The van der Waals surface area contributed by atoms with E-state index in [0.717, 1.165) is 79.6 Å². The highest BCUT2D eigenvalue weighted by molar-refractivity contribution is 5.83. The lowest BCUT2D eigenvalue weighted by Crippen LogP contribution is -1.95. The van der Waals surface area contributed by atoms with Crippen LogP contribution in [0, 0.1) is 20.4 Å². The van der Waals surface area contributed by atoms with Crippen LogP contribution in [0.2, 0.25) is 0 Å². The first-order chi connectivity index (χ1) is 67.5. The summed E-state index contributed by atoms with van der Waals surface area (Å²) in [6, 6.07) is 169. The quantitative estimate of drug-likeness (QED) is 0.0421. The molecule has 19 aromatic carbocycles. The van der Waals surface area contributed by atoms with Crippen LogP contribution < -0.4 is 37.9 Å². The second kappa shape index (κ2) is 60.0. The molecular weight excluding hydrogens is 1700 g/mol. The van der Waals surface area contributed by atoms with Gasteiger partial charge in [0.1, 0.15) is 109 Å². The Balaban J connectivity index is 0.000000148. The highest BCUT2D eigenvalue weighted by atomic mass is 16.5. The number of phenols is 2. The van der Waals surface area contributed by atoms with E-state index in [9.17, 15) is 5.11 Å². The third-order valence-electron chi connectivity index (χ3n) is 19.9. The molecule has 0 saturated carbocycles. The third kappa shape index (κ3) is 41.0. The van der Waals surface area contributed by atoms with Crippen molar-refractivity contribution in [3.05, 3.63) is 594 Å². The summed E-state index contributed by atoms with van der Waals surface area (Å²) in [5, 5.41) is 29.7. The number of rotatable bonds is 27. The molecule has 0 aromatic heterocycles. The Morgan fingerprint density at radius 3 is 0.759 bits per heavy atom. The number of hydrogen-bond donors (Lipinski definition) is 3. The van der Waals surface area contributed by atoms with Gasteiger partial charge in [-0.15, -0.1) is 0 Å². The first kappa shape index (κ1) is 100. The van der Waals surface area contributed by atoms with Crippen LogP contribution in [0.15, 0.2) is 522 Å². The number of aliphatic hydroxyl groups is 1. The maximum Gasteiger partial charge on any atom is 0.187 e. The maximum atomic E-state index is 9.23. The van der Waals surface area contributed by atoms with Gasteiger partial charge in [0.25, 0.3) is 0 Å². The lowest BCUT2D eigenvalue weighted by atomic mass is 10.1. The normalized spacial score (nSPS) is 9.91. The van der Waals surface area contributed by atoms with Crippen LogP contribution in [0.1, 0.15) is 61.2 Å². The minimum atomic E-state index is 0.0684. The Morgan fingerprint density at radius 2 is 0.438 bits per heavy atom. The van der Waals surface area contributed by atoms with Crippen molar-refractivity contribution in [2.24, 2.45) is 0 Å². The van der Waals surface area contributed by atoms with Crippen molar-refractivity contribution in [3.63, 3.8) is 0 Å².